The van der Waals surface area contributed by atoms with Gasteiger partial charge in [-0.15, -0.1) is 0 Å². The lowest BCUT2D eigenvalue weighted by atomic mass is 10.0. The van der Waals surface area contributed by atoms with Gasteiger partial charge in [-0.2, -0.15) is 0 Å². The Balaban J connectivity index is 2.45. The molecule has 0 saturated heterocycles. The lowest BCUT2D eigenvalue weighted by Gasteiger charge is -2.10. The van der Waals surface area contributed by atoms with E-state index in [0.717, 1.165) is 0 Å². The molecule has 5 nitrogen and oxygen atoms in total. The fourth-order valence-electron chi connectivity index (χ4n) is 2.15. The highest BCUT2D eigenvalue weighted by atomic mass is 16.5. The molecule has 120 valence electrons. The van der Waals surface area contributed by atoms with E-state index in [1.54, 1.807) is 55.7 Å². The number of carboxylic acids is 1. The van der Waals surface area contributed by atoms with E-state index < -0.39 is 5.97 Å². The Labute approximate surface area is 135 Å². The van der Waals surface area contributed by atoms with Crippen LogP contribution < -0.4 is 15.2 Å². The van der Waals surface area contributed by atoms with Crippen molar-refractivity contribution in [2.45, 2.75) is 6.92 Å². The maximum absolute atomic E-state index is 11.6. The molecule has 0 aliphatic carbocycles. The molecule has 0 aromatic heterocycles. The fourth-order valence-corrected chi connectivity index (χ4v) is 2.15. The largest absolute Gasteiger partial charge is 0.493 e. The van der Waals surface area contributed by atoms with Gasteiger partial charge in [-0.05, 0) is 48.4 Å². The maximum atomic E-state index is 11.6. The highest BCUT2D eigenvalue weighted by Gasteiger charge is 2.12. The van der Waals surface area contributed by atoms with Crippen LogP contribution in [0.4, 0.5) is 5.69 Å². The second kappa shape index (κ2) is 7.35. The number of hydrogen-bond acceptors (Lipinski definition) is 4. The Morgan fingerprint density at radius 1 is 1.17 bits per heavy atom. The summed E-state index contributed by atoms with van der Waals surface area (Å²) in [6.07, 6.45) is 1.59. The molecule has 0 aliphatic heterocycles. The normalized spacial score (nSPS) is 11.1. The van der Waals surface area contributed by atoms with Crippen LogP contribution in [0.15, 0.2) is 42.5 Å². The van der Waals surface area contributed by atoms with E-state index in [2.05, 4.69) is 0 Å². The lowest BCUT2D eigenvalue weighted by Crippen LogP contribution is -2.00. The summed E-state index contributed by atoms with van der Waals surface area (Å²) in [4.78, 5) is 11.6. The van der Waals surface area contributed by atoms with Crippen molar-refractivity contribution >= 4 is 23.3 Å². The molecule has 0 spiro atoms. The van der Waals surface area contributed by atoms with Crippen LogP contribution in [-0.4, -0.2) is 24.8 Å². The SMILES string of the molecule is CCOc1cc(/C=C(\C(=O)O)c2ccc(N)cc2)ccc1OC. The first-order valence-electron chi connectivity index (χ1n) is 7.17. The summed E-state index contributed by atoms with van der Waals surface area (Å²) in [5, 5.41) is 9.48. The zero-order valence-corrected chi connectivity index (χ0v) is 13.1. The molecule has 0 bridgehead atoms. The molecule has 3 N–H and O–H groups in total. The van der Waals surface area contributed by atoms with Crippen molar-refractivity contribution in [3.8, 4) is 11.5 Å². The summed E-state index contributed by atoms with van der Waals surface area (Å²) in [6, 6.07) is 12.0. The molecule has 23 heavy (non-hydrogen) atoms. The van der Waals surface area contributed by atoms with Gasteiger partial charge in [0.05, 0.1) is 19.3 Å². The van der Waals surface area contributed by atoms with Crippen molar-refractivity contribution in [2.75, 3.05) is 19.5 Å². The Morgan fingerprint density at radius 3 is 2.43 bits per heavy atom. The lowest BCUT2D eigenvalue weighted by molar-refractivity contribution is -0.130. The van der Waals surface area contributed by atoms with Crippen LogP contribution in [0.2, 0.25) is 0 Å². The number of hydrogen-bond donors (Lipinski definition) is 2. The van der Waals surface area contributed by atoms with Gasteiger partial charge in [-0.25, -0.2) is 4.79 Å². The van der Waals surface area contributed by atoms with Crippen LogP contribution in [0.1, 0.15) is 18.1 Å². The van der Waals surface area contributed by atoms with Gasteiger partial charge in [-0.1, -0.05) is 18.2 Å². The van der Waals surface area contributed by atoms with Crippen molar-refractivity contribution in [3.05, 3.63) is 53.6 Å². The number of benzene rings is 2. The monoisotopic (exact) mass is 313 g/mol. The molecule has 0 aliphatic rings. The van der Waals surface area contributed by atoms with Crippen molar-refractivity contribution in [3.63, 3.8) is 0 Å². The minimum absolute atomic E-state index is 0.178. The Bertz CT molecular complexity index is 720. The summed E-state index contributed by atoms with van der Waals surface area (Å²) in [7, 11) is 1.56. The van der Waals surface area contributed by atoms with Gasteiger partial charge in [0.15, 0.2) is 11.5 Å². The third-order valence-corrected chi connectivity index (χ3v) is 3.25. The molecule has 2 aromatic rings. The van der Waals surface area contributed by atoms with Crippen LogP contribution in [0.25, 0.3) is 11.6 Å². The zero-order valence-electron chi connectivity index (χ0n) is 13.1. The molecule has 0 radical (unpaired) electrons. The number of carboxylic acid groups (broad SMARTS) is 1. The molecule has 0 unspecified atom stereocenters. The molecule has 0 fully saturated rings. The van der Waals surface area contributed by atoms with E-state index in [1.807, 2.05) is 6.92 Å². The van der Waals surface area contributed by atoms with Crippen molar-refractivity contribution < 1.29 is 19.4 Å². The number of ether oxygens (including phenoxy) is 2. The summed E-state index contributed by atoms with van der Waals surface area (Å²) < 4.78 is 10.7. The number of nitrogens with two attached hydrogens (primary N) is 1. The molecular weight excluding hydrogens is 294 g/mol. The van der Waals surface area contributed by atoms with E-state index >= 15 is 0 Å². The van der Waals surface area contributed by atoms with E-state index in [9.17, 15) is 9.90 Å². The maximum Gasteiger partial charge on any atom is 0.336 e. The molecule has 2 aromatic carbocycles. The van der Waals surface area contributed by atoms with E-state index in [-0.39, 0.29) is 5.57 Å². The van der Waals surface area contributed by atoms with E-state index in [1.165, 1.54) is 0 Å². The number of rotatable bonds is 6. The third kappa shape index (κ3) is 4.03. The first-order chi connectivity index (χ1) is 11.0. The second-order valence-corrected chi connectivity index (χ2v) is 4.83. The predicted octanol–water partition coefficient (Wildman–Crippen LogP) is 3.30. The summed E-state index contributed by atoms with van der Waals surface area (Å²) >= 11 is 0. The number of methoxy groups -OCH3 is 1. The Kier molecular flexibility index (Phi) is 5.25. The Hall–Kier alpha value is -2.95. The molecule has 2 rings (SSSR count). The Morgan fingerprint density at radius 2 is 1.87 bits per heavy atom. The van der Waals surface area contributed by atoms with Crippen LogP contribution in [0.5, 0.6) is 11.5 Å². The van der Waals surface area contributed by atoms with E-state index in [0.29, 0.717) is 34.9 Å². The van der Waals surface area contributed by atoms with Crippen LogP contribution in [-0.2, 0) is 4.79 Å². The fraction of sp³-hybridized carbons (Fsp3) is 0.167. The van der Waals surface area contributed by atoms with Gasteiger partial charge in [-0.3, -0.25) is 0 Å². The topological polar surface area (TPSA) is 81.8 Å². The molecule has 0 saturated carbocycles. The van der Waals surface area contributed by atoms with Gasteiger partial charge in [0.25, 0.3) is 0 Å². The minimum atomic E-state index is -1.01. The van der Waals surface area contributed by atoms with E-state index in [4.69, 9.17) is 15.2 Å². The highest BCUT2D eigenvalue weighted by Crippen LogP contribution is 2.30. The van der Waals surface area contributed by atoms with Gasteiger partial charge < -0.3 is 20.3 Å². The first kappa shape index (κ1) is 16.4. The zero-order chi connectivity index (χ0) is 16.8. The van der Waals surface area contributed by atoms with Crippen LogP contribution in [0.3, 0.4) is 0 Å². The summed E-state index contributed by atoms with van der Waals surface area (Å²) in [5.41, 5.74) is 7.70. The average Bonchev–Trinajstić information content (AvgIpc) is 2.54. The summed E-state index contributed by atoms with van der Waals surface area (Å²) in [5.74, 6) is 0.169. The molecule has 0 heterocycles. The van der Waals surface area contributed by atoms with Gasteiger partial charge in [0.2, 0.25) is 0 Å². The molecule has 0 amide bonds. The minimum Gasteiger partial charge on any atom is -0.493 e. The average molecular weight is 313 g/mol. The smallest absolute Gasteiger partial charge is 0.336 e. The molecule has 5 heteroatoms. The van der Waals surface area contributed by atoms with Crippen molar-refractivity contribution in [1.82, 2.24) is 0 Å². The van der Waals surface area contributed by atoms with Crippen LogP contribution in [0, 0.1) is 0 Å². The van der Waals surface area contributed by atoms with Gasteiger partial charge >= 0.3 is 5.97 Å². The highest BCUT2D eigenvalue weighted by molar-refractivity contribution is 6.20. The number of carbonyl (C=O) groups is 1. The number of nitrogen functional groups attached to an aromatic ring is 1. The predicted molar refractivity (Wildman–Crippen MR) is 90.5 cm³/mol. The number of anilines is 1. The molecule has 0 atom stereocenters. The quantitative estimate of drug-likeness (QED) is 0.486. The van der Waals surface area contributed by atoms with Gasteiger partial charge in [0.1, 0.15) is 0 Å². The van der Waals surface area contributed by atoms with Crippen LogP contribution >= 0.6 is 0 Å². The third-order valence-electron chi connectivity index (χ3n) is 3.25. The summed E-state index contributed by atoms with van der Waals surface area (Å²) in [6.45, 7) is 2.37. The van der Waals surface area contributed by atoms with Crippen molar-refractivity contribution in [1.29, 1.82) is 0 Å². The standard InChI is InChI=1S/C18H19NO4/c1-3-23-17-11-12(4-9-16(17)22-2)10-15(18(20)21)13-5-7-14(19)8-6-13/h4-11H,3,19H2,1-2H3,(H,20,21)/b15-10-. The van der Waals surface area contributed by atoms with Crippen molar-refractivity contribution in [2.24, 2.45) is 0 Å². The van der Waals surface area contributed by atoms with Gasteiger partial charge in [0, 0.05) is 5.69 Å². The first-order valence-corrected chi connectivity index (χ1v) is 7.17. The molecular formula is C18H19NO4. The number of aliphatic carboxylic acids is 1. The second-order valence-electron chi connectivity index (χ2n) is 4.83.